The van der Waals surface area contributed by atoms with Gasteiger partial charge in [-0.25, -0.2) is 0 Å². The van der Waals surface area contributed by atoms with Gasteiger partial charge >= 0.3 is 0 Å². The van der Waals surface area contributed by atoms with E-state index >= 15 is 0 Å². The van der Waals surface area contributed by atoms with Crippen molar-refractivity contribution in [3.63, 3.8) is 0 Å². The summed E-state index contributed by atoms with van der Waals surface area (Å²) in [6.45, 7) is 4.37. The minimum atomic E-state index is -0.101. The number of nitrogens with one attached hydrogen (secondary N) is 1. The maximum Gasteiger partial charge on any atom is 0.174 e. The van der Waals surface area contributed by atoms with Crippen LogP contribution in [0.15, 0.2) is 54.7 Å². The summed E-state index contributed by atoms with van der Waals surface area (Å²) in [5, 5.41) is 14.7. The first kappa shape index (κ1) is 18.2. The first-order valence-corrected chi connectivity index (χ1v) is 10.4. The average Bonchev–Trinajstić information content (AvgIpc) is 3.43. The molecule has 2 N–H and O–H groups in total. The zero-order valence-electron chi connectivity index (χ0n) is 16.5. The van der Waals surface area contributed by atoms with E-state index in [1.165, 1.54) is 29.8 Å². The van der Waals surface area contributed by atoms with Gasteiger partial charge in [0.1, 0.15) is 5.75 Å². The molecule has 0 unspecified atom stereocenters. The molecule has 1 aliphatic carbocycles. The van der Waals surface area contributed by atoms with Crippen molar-refractivity contribution in [2.45, 2.75) is 44.8 Å². The van der Waals surface area contributed by atoms with Crippen molar-refractivity contribution < 1.29 is 5.11 Å². The standard InChI is InChI=1S/C23H24N4OS/c1-14-13-17(15(2)26(14)16-10-11-16)22-21(18-7-5-6-12-24-18)25-23(29)27(22)19-8-3-4-9-20(19)28/h3-9,12-13,16,21-22,28H,10-11H2,1-2H3,(H,25,29)/t21-,22+/m0/s1. The lowest BCUT2D eigenvalue weighted by molar-refractivity contribution is 0.472. The number of aromatic hydroxyl groups is 1. The van der Waals surface area contributed by atoms with E-state index in [4.69, 9.17) is 12.2 Å². The largest absolute Gasteiger partial charge is 0.506 e. The zero-order chi connectivity index (χ0) is 20.1. The number of nitrogens with zero attached hydrogens (tertiary/aromatic N) is 3. The Morgan fingerprint density at radius 1 is 1.10 bits per heavy atom. The van der Waals surface area contributed by atoms with Gasteiger partial charge in [-0.3, -0.25) is 4.98 Å². The minimum absolute atomic E-state index is 0.0931. The van der Waals surface area contributed by atoms with Crippen molar-refractivity contribution in [2.24, 2.45) is 0 Å². The third-order valence-corrected chi connectivity index (χ3v) is 6.31. The Morgan fingerprint density at radius 3 is 2.55 bits per heavy atom. The van der Waals surface area contributed by atoms with Gasteiger partial charge < -0.3 is 19.9 Å². The number of aromatic nitrogens is 2. The maximum atomic E-state index is 10.6. The van der Waals surface area contributed by atoms with Gasteiger partial charge in [-0.1, -0.05) is 18.2 Å². The second kappa shape index (κ2) is 6.88. The maximum absolute atomic E-state index is 10.6. The lowest BCUT2D eigenvalue weighted by Crippen LogP contribution is -2.29. The van der Waals surface area contributed by atoms with Gasteiger partial charge in [0, 0.05) is 23.6 Å². The van der Waals surface area contributed by atoms with E-state index in [-0.39, 0.29) is 17.8 Å². The Labute approximate surface area is 176 Å². The Hall–Kier alpha value is -2.86. The van der Waals surface area contributed by atoms with Crippen LogP contribution in [-0.2, 0) is 0 Å². The van der Waals surface area contributed by atoms with Crippen LogP contribution < -0.4 is 10.2 Å². The molecular weight excluding hydrogens is 380 g/mol. The molecule has 29 heavy (non-hydrogen) atoms. The Morgan fingerprint density at radius 2 is 1.86 bits per heavy atom. The Kier molecular flexibility index (Phi) is 4.32. The average molecular weight is 405 g/mol. The molecule has 3 aromatic rings. The summed E-state index contributed by atoms with van der Waals surface area (Å²) in [7, 11) is 0. The molecule has 148 valence electrons. The number of thiocarbonyl (C=S) groups is 1. The molecule has 1 aromatic carbocycles. The van der Waals surface area contributed by atoms with Crippen LogP contribution in [0.25, 0.3) is 0 Å². The van der Waals surface area contributed by atoms with E-state index in [1.807, 2.05) is 47.5 Å². The third kappa shape index (κ3) is 2.99. The van der Waals surface area contributed by atoms with Gasteiger partial charge in [-0.05, 0) is 74.8 Å². The highest BCUT2D eigenvalue weighted by molar-refractivity contribution is 7.80. The van der Waals surface area contributed by atoms with Gasteiger partial charge in [-0.15, -0.1) is 0 Å². The lowest BCUT2D eigenvalue weighted by atomic mass is 9.96. The smallest absolute Gasteiger partial charge is 0.174 e. The van der Waals surface area contributed by atoms with E-state index in [9.17, 15) is 5.11 Å². The highest BCUT2D eigenvalue weighted by Gasteiger charge is 2.43. The Bertz CT molecular complexity index is 1070. The molecule has 0 amide bonds. The number of pyridine rings is 1. The molecule has 0 spiro atoms. The highest BCUT2D eigenvalue weighted by Crippen LogP contribution is 2.47. The van der Waals surface area contributed by atoms with E-state index < -0.39 is 0 Å². The second-order valence-electron chi connectivity index (χ2n) is 7.91. The van der Waals surface area contributed by atoms with Crippen LogP contribution in [0.2, 0.25) is 0 Å². The number of hydrogen-bond acceptors (Lipinski definition) is 3. The molecule has 2 aliphatic rings. The summed E-state index contributed by atoms with van der Waals surface area (Å²) in [5.74, 6) is 0.222. The molecular formula is C23H24N4OS. The summed E-state index contributed by atoms with van der Waals surface area (Å²) < 4.78 is 2.45. The summed E-state index contributed by atoms with van der Waals surface area (Å²) in [6.07, 6.45) is 4.29. The topological polar surface area (TPSA) is 53.3 Å². The number of para-hydroxylation sites is 2. The molecule has 0 radical (unpaired) electrons. The van der Waals surface area contributed by atoms with Gasteiger partial charge in [-0.2, -0.15) is 0 Å². The quantitative estimate of drug-likeness (QED) is 0.617. The normalized spacial score (nSPS) is 21.4. The van der Waals surface area contributed by atoms with Gasteiger partial charge in [0.15, 0.2) is 5.11 Å². The molecule has 6 heteroatoms. The van der Waals surface area contributed by atoms with Crippen molar-refractivity contribution in [2.75, 3.05) is 4.90 Å². The molecule has 2 atom stereocenters. The SMILES string of the molecule is Cc1cc([C@@H]2[C@H](c3ccccn3)NC(=S)N2c2ccccc2O)c(C)n1C1CC1. The summed E-state index contributed by atoms with van der Waals surface area (Å²) in [6, 6.07) is 16.0. The monoisotopic (exact) mass is 404 g/mol. The van der Waals surface area contributed by atoms with Crippen molar-refractivity contribution in [1.29, 1.82) is 0 Å². The number of rotatable bonds is 4. The van der Waals surface area contributed by atoms with Crippen molar-refractivity contribution in [3.8, 4) is 5.75 Å². The highest BCUT2D eigenvalue weighted by atomic mass is 32.1. The van der Waals surface area contributed by atoms with Crippen molar-refractivity contribution in [1.82, 2.24) is 14.9 Å². The predicted molar refractivity (Wildman–Crippen MR) is 118 cm³/mol. The molecule has 1 saturated heterocycles. The van der Waals surface area contributed by atoms with Gasteiger partial charge in [0.2, 0.25) is 0 Å². The number of anilines is 1. The van der Waals surface area contributed by atoms with Crippen LogP contribution in [0, 0.1) is 13.8 Å². The number of phenolic OH excluding ortho intramolecular Hbond substituents is 1. The molecule has 5 nitrogen and oxygen atoms in total. The first-order chi connectivity index (χ1) is 14.1. The third-order valence-electron chi connectivity index (χ3n) is 5.99. The summed E-state index contributed by atoms with van der Waals surface area (Å²) in [5.41, 5.74) is 5.41. The molecule has 5 rings (SSSR count). The summed E-state index contributed by atoms with van der Waals surface area (Å²) >= 11 is 5.75. The van der Waals surface area contributed by atoms with E-state index in [0.29, 0.717) is 16.8 Å². The van der Waals surface area contributed by atoms with Crippen LogP contribution >= 0.6 is 12.2 Å². The predicted octanol–water partition coefficient (Wildman–Crippen LogP) is 4.72. The fourth-order valence-corrected chi connectivity index (χ4v) is 4.93. The van der Waals surface area contributed by atoms with E-state index in [1.54, 1.807) is 6.07 Å². The molecule has 1 aliphatic heterocycles. The number of phenols is 1. The molecule has 2 fully saturated rings. The number of benzene rings is 1. The molecule has 3 heterocycles. The number of aryl methyl sites for hydroxylation is 1. The van der Waals surface area contributed by atoms with Gasteiger partial charge in [0.05, 0.1) is 23.5 Å². The van der Waals surface area contributed by atoms with Crippen LogP contribution in [0.3, 0.4) is 0 Å². The molecule has 1 saturated carbocycles. The first-order valence-electron chi connectivity index (χ1n) is 10.0. The number of hydrogen-bond donors (Lipinski definition) is 2. The van der Waals surface area contributed by atoms with Crippen LogP contribution in [0.4, 0.5) is 5.69 Å². The van der Waals surface area contributed by atoms with Crippen LogP contribution in [-0.4, -0.2) is 19.8 Å². The minimum Gasteiger partial charge on any atom is -0.506 e. The fraction of sp³-hybridized carbons (Fsp3) is 0.304. The van der Waals surface area contributed by atoms with Crippen molar-refractivity contribution >= 4 is 23.0 Å². The molecule has 0 bridgehead atoms. The molecule has 2 aromatic heterocycles. The summed E-state index contributed by atoms with van der Waals surface area (Å²) in [4.78, 5) is 6.65. The van der Waals surface area contributed by atoms with Crippen LogP contribution in [0.5, 0.6) is 5.75 Å². The lowest BCUT2D eigenvalue weighted by Gasteiger charge is -2.28. The van der Waals surface area contributed by atoms with E-state index in [0.717, 1.165) is 5.69 Å². The van der Waals surface area contributed by atoms with E-state index in [2.05, 4.69) is 34.8 Å². The van der Waals surface area contributed by atoms with Crippen molar-refractivity contribution in [3.05, 3.63) is 77.4 Å². The Balaban J connectivity index is 1.68. The fourth-order valence-electron chi connectivity index (χ4n) is 4.59. The van der Waals surface area contributed by atoms with Gasteiger partial charge in [0.25, 0.3) is 0 Å². The van der Waals surface area contributed by atoms with Crippen LogP contribution in [0.1, 0.15) is 53.6 Å². The second-order valence-corrected chi connectivity index (χ2v) is 8.30. The zero-order valence-corrected chi connectivity index (χ0v) is 17.4.